The Labute approximate surface area is 149 Å². The van der Waals surface area contributed by atoms with Crippen molar-refractivity contribution in [2.45, 2.75) is 45.7 Å². The van der Waals surface area contributed by atoms with Gasteiger partial charge in [0, 0.05) is 18.8 Å². The Morgan fingerprint density at radius 2 is 1.68 bits per heavy atom. The highest BCUT2D eigenvalue weighted by Gasteiger charge is 2.18. The van der Waals surface area contributed by atoms with Crippen molar-refractivity contribution in [2.75, 3.05) is 6.61 Å². The van der Waals surface area contributed by atoms with Crippen LogP contribution in [0, 0.1) is 5.92 Å². The molecule has 1 aromatic carbocycles. The largest absolute Gasteiger partial charge is 0.465 e. The molecular weight excluding hydrogens is 317 g/mol. The molecule has 2 aromatic rings. The smallest absolute Gasteiger partial charge is 0.313 e. The zero-order valence-electron chi connectivity index (χ0n) is 15.1. The number of rotatable bonds is 8. The summed E-state index contributed by atoms with van der Waals surface area (Å²) >= 11 is 0. The van der Waals surface area contributed by atoms with Gasteiger partial charge in [-0.15, -0.1) is 0 Å². The third-order valence-electron chi connectivity index (χ3n) is 4.16. The predicted octanol–water partition coefficient (Wildman–Crippen LogP) is 5.03. The van der Waals surface area contributed by atoms with Crippen LogP contribution in [0.4, 0.5) is 4.39 Å². The van der Waals surface area contributed by atoms with E-state index in [1.807, 2.05) is 19.1 Å². The number of carbonyl (C=O) groups is 1. The maximum atomic E-state index is 14.0. The third kappa shape index (κ3) is 5.96. The van der Waals surface area contributed by atoms with E-state index in [4.69, 9.17) is 4.74 Å². The second kappa shape index (κ2) is 9.30. The molecule has 0 spiro atoms. The summed E-state index contributed by atoms with van der Waals surface area (Å²) in [6, 6.07) is 11.3. The maximum Gasteiger partial charge on any atom is 0.313 e. The van der Waals surface area contributed by atoms with E-state index in [-0.39, 0.29) is 24.9 Å². The maximum absolute atomic E-state index is 14.0. The molecule has 134 valence electrons. The normalized spacial score (nSPS) is 13.5. The summed E-state index contributed by atoms with van der Waals surface area (Å²) < 4.78 is 19.3. The van der Waals surface area contributed by atoms with E-state index in [2.05, 4.69) is 31.0 Å². The molecule has 25 heavy (non-hydrogen) atoms. The molecule has 0 aliphatic carbocycles. The number of carbonyl (C=O) groups excluding carboxylic acids is 1. The lowest BCUT2D eigenvalue weighted by atomic mass is 9.97. The molecular formula is C21H26FNO2. The van der Waals surface area contributed by atoms with Crippen molar-refractivity contribution in [2.24, 2.45) is 5.92 Å². The van der Waals surface area contributed by atoms with E-state index in [0.717, 1.165) is 12.0 Å². The van der Waals surface area contributed by atoms with E-state index >= 15 is 0 Å². The number of benzene rings is 1. The lowest BCUT2D eigenvalue weighted by Gasteiger charge is -2.14. The van der Waals surface area contributed by atoms with Crippen molar-refractivity contribution < 1.29 is 13.9 Å². The number of pyridine rings is 1. The van der Waals surface area contributed by atoms with Gasteiger partial charge in [-0.2, -0.15) is 0 Å². The average Bonchev–Trinajstić information content (AvgIpc) is 2.61. The Morgan fingerprint density at radius 1 is 1.04 bits per heavy atom. The number of alkyl halides is 1. The van der Waals surface area contributed by atoms with E-state index in [0.29, 0.717) is 11.5 Å². The molecule has 2 atom stereocenters. The van der Waals surface area contributed by atoms with Crippen LogP contribution in [-0.4, -0.2) is 17.6 Å². The molecule has 4 heteroatoms. The molecule has 1 aromatic heterocycles. The van der Waals surface area contributed by atoms with Crippen LogP contribution in [0.15, 0.2) is 48.8 Å². The number of aromatic nitrogens is 1. The number of nitrogens with zero attached hydrogens (tertiary/aromatic N) is 1. The Morgan fingerprint density at radius 3 is 2.28 bits per heavy atom. The van der Waals surface area contributed by atoms with Crippen molar-refractivity contribution in [3.05, 3.63) is 65.5 Å². The van der Waals surface area contributed by atoms with Crippen LogP contribution < -0.4 is 0 Å². The van der Waals surface area contributed by atoms with Gasteiger partial charge in [-0.05, 0) is 48.1 Å². The van der Waals surface area contributed by atoms with Crippen LogP contribution >= 0.6 is 0 Å². The van der Waals surface area contributed by atoms with Crippen LogP contribution in [0.3, 0.4) is 0 Å². The predicted molar refractivity (Wildman–Crippen MR) is 97.1 cm³/mol. The van der Waals surface area contributed by atoms with Crippen molar-refractivity contribution in [1.29, 1.82) is 0 Å². The standard InChI is InChI=1S/C21H26FNO2/c1-15(2)14-17-4-6-18(7-5-17)16(3)21(24)25-13-10-20(22)19-8-11-23-12-9-19/h4-9,11-12,15-16,20H,10,13-14H2,1-3H3. The first-order chi connectivity index (χ1) is 12.0. The van der Waals surface area contributed by atoms with Gasteiger partial charge in [-0.1, -0.05) is 38.1 Å². The summed E-state index contributed by atoms with van der Waals surface area (Å²) in [4.78, 5) is 16.0. The Kier molecular flexibility index (Phi) is 7.11. The van der Waals surface area contributed by atoms with Gasteiger partial charge in [0.1, 0.15) is 6.17 Å². The highest BCUT2D eigenvalue weighted by molar-refractivity contribution is 5.77. The lowest BCUT2D eigenvalue weighted by molar-refractivity contribution is -0.145. The van der Waals surface area contributed by atoms with Gasteiger partial charge in [0.2, 0.25) is 0 Å². The molecule has 3 nitrogen and oxygen atoms in total. The Bertz CT molecular complexity index is 655. The first kappa shape index (κ1) is 19.1. The highest BCUT2D eigenvalue weighted by Crippen LogP contribution is 2.22. The summed E-state index contributed by atoms with van der Waals surface area (Å²) in [5.41, 5.74) is 2.74. The van der Waals surface area contributed by atoms with Crippen LogP contribution in [0.5, 0.6) is 0 Å². The zero-order chi connectivity index (χ0) is 18.2. The Hall–Kier alpha value is -2.23. The number of esters is 1. The molecule has 2 rings (SSSR count). The summed E-state index contributed by atoms with van der Waals surface area (Å²) in [6.45, 7) is 6.24. The van der Waals surface area contributed by atoms with Crippen LogP contribution in [0.1, 0.15) is 56.0 Å². The van der Waals surface area contributed by atoms with Crippen molar-refractivity contribution in [1.82, 2.24) is 4.98 Å². The summed E-state index contributed by atoms with van der Waals surface area (Å²) in [7, 11) is 0. The summed E-state index contributed by atoms with van der Waals surface area (Å²) in [5, 5.41) is 0. The molecule has 0 saturated heterocycles. The molecule has 0 aliphatic rings. The van der Waals surface area contributed by atoms with Gasteiger partial charge >= 0.3 is 5.97 Å². The van der Waals surface area contributed by atoms with Gasteiger partial charge in [0.05, 0.1) is 12.5 Å². The van der Waals surface area contributed by atoms with E-state index in [1.54, 1.807) is 24.5 Å². The number of halogens is 1. The molecule has 0 amide bonds. The fraction of sp³-hybridized carbons (Fsp3) is 0.429. The molecule has 0 saturated carbocycles. The Balaban J connectivity index is 1.81. The quantitative estimate of drug-likeness (QED) is 0.631. The zero-order valence-corrected chi connectivity index (χ0v) is 15.1. The fourth-order valence-electron chi connectivity index (χ4n) is 2.68. The van der Waals surface area contributed by atoms with Crippen LogP contribution in [0.2, 0.25) is 0 Å². The van der Waals surface area contributed by atoms with E-state index < -0.39 is 6.17 Å². The summed E-state index contributed by atoms with van der Waals surface area (Å²) in [6.07, 6.45) is 3.13. The van der Waals surface area contributed by atoms with E-state index in [1.165, 1.54) is 5.56 Å². The molecule has 0 fully saturated rings. The van der Waals surface area contributed by atoms with E-state index in [9.17, 15) is 9.18 Å². The minimum Gasteiger partial charge on any atom is -0.465 e. The van der Waals surface area contributed by atoms with Gasteiger partial charge < -0.3 is 4.74 Å². The number of hydrogen-bond acceptors (Lipinski definition) is 3. The molecule has 0 bridgehead atoms. The van der Waals surface area contributed by atoms with Crippen molar-refractivity contribution >= 4 is 5.97 Å². The average molecular weight is 343 g/mol. The monoisotopic (exact) mass is 343 g/mol. The van der Waals surface area contributed by atoms with Crippen molar-refractivity contribution in [3.63, 3.8) is 0 Å². The SMILES string of the molecule is CC(C)Cc1ccc(C(C)C(=O)OCCC(F)c2ccncc2)cc1. The minimum atomic E-state index is -1.15. The second-order valence-electron chi connectivity index (χ2n) is 6.77. The fourth-order valence-corrected chi connectivity index (χ4v) is 2.68. The van der Waals surface area contributed by atoms with Crippen LogP contribution in [0.25, 0.3) is 0 Å². The van der Waals surface area contributed by atoms with Crippen molar-refractivity contribution in [3.8, 4) is 0 Å². The first-order valence-electron chi connectivity index (χ1n) is 8.77. The van der Waals surface area contributed by atoms with Crippen LogP contribution in [-0.2, 0) is 16.0 Å². The second-order valence-corrected chi connectivity index (χ2v) is 6.77. The van der Waals surface area contributed by atoms with Gasteiger partial charge in [0.25, 0.3) is 0 Å². The number of hydrogen-bond donors (Lipinski definition) is 0. The molecule has 0 aliphatic heterocycles. The lowest BCUT2D eigenvalue weighted by Crippen LogP contribution is -2.15. The number of ether oxygens (including phenoxy) is 1. The summed E-state index contributed by atoms with van der Waals surface area (Å²) in [5.74, 6) is -0.0760. The molecule has 0 N–H and O–H groups in total. The van der Waals surface area contributed by atoms with Gasteiger partial charge in [-0.25, -0.2) is 4.39 Å². The molecule has 0 radical (unpaired) electrons. The minimum absolute atomic E-state index is 0.0676. The molecule has 1 heterocycles. The molecule has 2 unspecified atom stereocenters. The first-order valence-corrected chi connectivity index (χ1v) is 8.77. The van der Waals surface area contributed by atoms with Gasteiger partial charge in [-0.3, -0.25) is 9.78 Å². The van der Waals surface area contributed by atoms with Gasteiger partial charge in [0.15, 0.2) is 0 Å². The third-order valence-corrected chi connectivity index (χ3v) is 4.16. The highest BCUT2D eigenvalue weighted by atomic mass is 19.1. The topological polar surface area (TPSA) is 39.2 Å².